The van der Waals surface area contributed by atoms with E-state index < -0.39 is 12.1 Å². The molecule has 0 unspecified atom stereocenters. The minimum atomic E-state index is -2.67. The number of alkyl halides is 2. The van der Waals surface area contributed by atoms with Crippen molar-refractivity contribution >= 4 is 17.9 Å². The van der Waals surface area contributed by atoms with Crippen molar-refractivity contribution < 1.29 is 13.6 Å². The molecule has 2 nitrogen and oxygen atoms in total. The molecule has 0 spiro atoms. The lowest BCUT2D eigenvalue weighted by atomic mass is 10.2. The monoisotopic (exact) mass is 205 g/mol. The van der Waals surface area contributed by atoms with Crippen molar-refractivity contribution in [1.82, 2.24) is 4.98 Å². The van der Waals surface area contributed by atoms with Gasteiger partial charge in [0.2, 0.25) is 0 Å². The standard InChI is InChI=1S/C8H6ClF2NO/c1-4-5(3-13)6(9)2-7(12-4)8(10)11/h2-3,8H,1H3. The molecule has 5 heteroatoms. The summed E-state index contributed by atoms with van der Waals surface area (Å²) in [6.07, 6.45) is -2.17. The van der Waals surface area contributed by atoms with Gasteiger partial charge in [0.25, 0.3) is 6.43 Å². The van der Waals surface area contributed by atoms with Gasteiger partial charge in [-0.1, -0.05) is 11.6 Å². The summed E-state index contributed by atoms with van der Waals surface area (Å²) in [6, 6.07) is 1.00. The highest BCUT2D eigenvalue weighted by Gasteiger charge is 2.13. The third kappa shape index (κ3) is 2.01. The minimum absolute atomic E-state index is 0.0119. The Labute approximate surface area is 78.5 Å². The first-order valence-electron chi connectivity index (χ1n) is 3.46. The fourth-order valence-electron chi connectivity index (χ4n) is 0.920. The molecule has 0 amide bonds. The first-order chi connectivity index (χ1) is 6.06. The second-order valence-corrected chi connectivity index (χ2v) is 2.85. The molecule has 0 aliphatic heterocycles. The molecular formula is C8H6ClF2NO. The molecule has 1 aromatic heterocycles. The van der Waals surface area contributed by atoms with E-state index in [2.05, 4.69) is 4.98 Å². The lowest BCUT2D eigenvalue weighted by Gasteiger charge is -2.04. The Bertz CT molecular complexity index is 318. The molecule has 0 bridgehead atoms. The zero-order valence-corrected chi connectivity index (χ0v) is 7.48. The number of aryl methyl sites for hydroxylation is 1. The van der Waals surface area contributed by atoms with Gasteiger partial charge in [-0.2, -0.15) is 0 Å². The number of hydrogen-bond donors (Lipinski definition) is 0. The van der Waals surface area contributed by atoms with E-state index in [0.29, 0.717) is 6.29 Å². The first kappa shape index (κ1) is 10.1. The van der Waals surface area contributed by atoms with Crippen LogP contribution >= 0.6 is 11.6 Å². The summed E-state index contributed by atoms with van der Waals surface area (Å²) in [5.74, 6) is 0. The van der Waals surface area contributed by atoms with E-state index in [-0.39, 0.29) is 16.3 Å². The lowest BCUT2D eigenvalue weighted by Crippen LogP contribution is -1.98. The van der Waals surface area contributed by atoms with Crippen LogP contribution in [0.1, 0.15) is 28.2 Å². The number of aldehydes is 1. The fourth-order valence-corrected chi connectivity index (χ4v) is 1.21. The van der Waals surface area contributed by atoms with Gasteiger partial charge in [-0.15, -0.1) is 0 Å². The van der Waals surface area contributed by atoms with Crippen molar-refractivity contribution in [1.29, 1.82) is 0 Å². The van der Waals surface area contributed by atoms with Crippen LogP contribution in [-0.2, 0) is 0 Å². The highest BCUT2D eigenvalue weighted by atomic mass is 35.5. The summed E-state index contributed by atoms with van der Waals surface area (Å²) in [4.78, 5) is 14.0. The van der Waals surface area contributed by atoms with E-state index in [1.54, 1.807) is 0 Å². The van der Waals surface area contributed by atoms with Gasteiger partial charge >= 0.3 is 0 Å². The molecule has 1 heterocycles. The van der Waals surface area contributed by atoms with Gasteiger partial charge in [0, 0.05) is 5.69 Å². The van der Waals surface area contributed by atoms with Crippen molar-refractivity contribution in [3.8, 4) is 0 Å². The molecule has 0 aliphatic carbocycles. The predicted octanol–water partition coefficient (Wildman–Crippen LogP) is 2.79. The van der Waals surface area contributed by atoms with Crippen LogP contribution in [0.25, 0.3) is 0 Å². The average Bonchev–Trinajstić information content (AvgIpc) is 2.03. The minimum Gasteiger partial charge on any atom is -0.298 e. The van der Waals surface area contributed by atoms with Gasteiger partial charge in [0.1, 0.15) is 5.69 Å². The van der Waals surface area contributed by atoms with Gasteiger partial charge < -0.3 is 0 Å². The maximum absolute atomic E-state index is 12.2. The van der Waals surface area contributed by atoms with Gasteiger partial charge in [-0.25, -0.2) is 8.78 Å². The number of carbonyl (C=O) groups is 1. The second kappa shape index (κ2) is 3.79. The normalized spacial score (nSPS) is 10.5. The summed E-state index contributed by atoms with van der Waals surface area (Å²) in [7, 11) is 0. The Morgan fingerprint density at radius 1 is 1.62 bits per heavy atom. The highest BCUT2D eigenvalue weighted by molar-refractivity contribution is 6.33. The summed E-state index contributed by atoms with van der Waals surface area (Å²) in [6.45, 7) is 1.46. The Kier molecular flexibility index (Phi) is 2.93. The van der Waals surface area contributed by atoms with Gasteiger partial charge in [0.15, 0.2) is 6.29 Å². The molecule has 0 saturated carbocycles. The van der Waals surface area contributed by atoms with Gasteiger partial charge in [-0.05, 0) is 13.0 Å². The van der Waals surface area contributed by atoms with Crippen molar-refractivity contribution in [2.24, 2.45) is 0 Å². The van der Waals surface area contributed by atoms with Crippen LogP contribution in [0.5, 0.6) is 0 Å². The molecule has 1 rings (SSSR count). The first-order valence-corrected chi connectivity index (χ1v) is 3.84. The molecule has 70 valence electrons. The molecule has 13 heavy (non-hydrogen) atoms. The molecular weight excluding hydrogens is 200 g/mol. The predicted molar refractivity (Wildman–Crippen MR) is 44.3 cm³/mol. The maximum Gasteiger partial charge on any atom is 0.280 e. The number of hydrogen-bond acceptors (Lipinski definition) is 2. The highest BCUT2D eigenvalue weighted by Crippen LogP contribution is 2.23. The lowest BCUT2D eigenvalue weighted by molar-refractivity contribution is 0.112. The van der Waals surface area contributed by atoms with Crippen LogP contribution in [-0.4, -0.2) is 11.3 Å². The van der Waals surface area contributed by atoms with E-state index >= 15 is 0 Å². The van der Waals surface area contributed by atoms with Crippen LogP contribution in [0.15, 0.2) is 6.07 Å². The molecule has 0 radical (unpaired) electrons. The van der Waals surface area contributed by atoms with Crippen LogP contribution in [0.3, 0.4) is 0 Å². The molecule has 1 aromatic rings. The van der Waals surface area contributed by atoms with Crippen LogP contribution in [0, 0.1) is 6.92 Å². The number of aromatic nitrogens is 1. The van der Waals surface area contributed by atoms with Crippen molar-refractivity contribution in [2.75, 3.05) is 0 Å². The number of carbonyl (C=O) groups excluding carboxylic acids is 1. The Balaban J connectivity index is 3.28. The molecule has 0 aromatic carbocycles. The van der Waals surface area contributed by atoms with E-state index in [0.717, 1.165) is 6.07 Å². The van der Waals surface area contributed by atoms with Crippen molar-refractivity contribution in [3.63, 3.8) is 0 Å². The summed E-state index contributed by atoms with van der Waals surface area (Å²) >= 11 is 5.57. The maximum atomic E-state index is 12.2. The second-order valence-electron chi connectivity index (χ2n) is 2.45. The topological polar surface area (TPSA) is 30.0 Å². The number of rotatable bonds is 2. The van der Waals surface area contributed by atoms with Gasteiger partial charge in [-0.3, -0.25) is 9.78 Å². The van der Waals surface area contributed by atoms with Crippen LogP contribution in [0.2, 0.25) is 5.02 Å². The van der Waals surface area contributed by atoms with Crippen molar-refractivity contribution in [2.45, 2.75) is 13.3 Å². The number of pyridine rings is 1. The number of nitrogens with zero attached hydrogens (tertiary/aromatic N) is 1. The van der Waals surface area contributed by atoms with Gasteiger partial charge in [0.05, 0.1) is 10.6 Å². The van der Waals surface area contributed by atoms with E-state index in [1.165, 1.54) is 6.92 Å². The Hall–Kier alpha value is -1.03. The third-order valence-electron chi connectivity index (χ3n) is 1.56. The smallest absolute Gasteiger partial charge is 0.280 e. The van der Waals surface area contributed by atoms with Crippen LogP contribution < -0.4 is 0 Å². The van der Waals surface area contributed by atoms with E-state index in [1.807, 2.05) is 0 Å². The molecule has 0 aliphatic rings. The Morgan fingerprint density at radius 2 is 2.23 bits per heavy atom. The zero-order valence-electron chi connectivity index (χ0n) is 6.72. The largest absolute Gasteiger partial charge is 0.298 e. The molecule has 0 saturated heterocycles. The molecule has 0 atom stereocenters. The average molecular weight is 206 g/mol. The molecule has 0 N–H and O–H groups in total. The molecule has 0 fully saturated rings. The fraction of sp³-hybridized carbons (Fsp3) is 0.250. The summed E-state index contributed by atoms with van der Waals surface area (Å²) < 4.78 is 24.3. The Morgan fingerprint density at radius 3 is 2.62 bits per heavy atom. The summed E-state index contributed by atoms with van der Waals surface area (Å²) in [5.41, 5.74) is -0.0306. The quantitative estimate of drug-likeness (QED) is 0.695. The van der Waals surface area contributed by atoms with E-state index in [4.69, 9.17) is 11.6 Å². The SMILES string of the molecule is Cc1nc(C(F)F)cc(Cl)c1C=O. The zero-order chi connectivity index (χ0) is 10.0. The summed E-state index contributed by atoms with van der Waals surface area (Å²) in [5, 5.41) is 0.0119. The van der Waals surface area contributed by atoms with Crippen molar-refractivity contribution in [3.05, 3.63) is 28.0 Å². The third-order valence-corrected chi connectivity index (χ3v) is 1.87. The van der Waals surface area contributed by atoms with E-state index in [9.17, 15) is 13.6 Å². The number of halogens is 3. The van der Waals surface area contributed by atoms with Crippen LogP contribution in [0.4, 0.5) is 8.78 Å².